The third-order valence-corrected chi connectivity index (χ3v) is 3.50. The second kappa shape index (κ2) is 7.41. The Labute approximate surface area is 153 Å². The van der Waals surface area contributed by atoms with Crippen LogP contribution in [0, 0.1) is 11.6 Å². The van der Waals surface area contributed by atoms with Crippen LogP contribution in [0.4, 0.5) is 22.0 Å². The Morgan fingerprint density at radius 2 is 1.93 bits per heavy atom. The first-order valence-corrected chi connectivity index (χ1v) is 7.81. The molecule has 0 aliphatic rings. The second-order valence-corrected chi connectivity index (χ2v) is 5.47. The summed E-state index contributed by atoms with van der Waals surface area (Å²) in [5.74, 6) is -3.52. The van der Waals surface area contributed by atoms with Gasteiger partial charge < -0.3 is 14.0 Å². The van der Waals surface area contributed by atoms with E-state index < -0.39 is 47.3 Å². The molecule has 0 aliphatic carbocycles. The van der Waals surface area contributed by atoms with Gasteiger partial charge in [0.2, 0.25) is 0 Å². The summed E-state index contributed by atoms with van der Waals surface area (Å²) in [6.45, 7) is 1.24. The van der Waals surface area contributed by atoms with E-state index in [1.165, 1.54) is 6.07 Å². The molecule has 0 amide bonds. The molecule has 28 heavy (non-hydrogen) atoms. The maximum Gasteiger partial charge on any atom is 0.433 e. The first-order chi connectivity index (χ1) is 13.2. The van der Waals surface area contributed by atoms with Crippen molar-refractivity contribution in [2.24, 2.45) is 0 Å². The molecule has 0 aliphatic heterocycles. The van der Waals surface area contributed by atoms with Gasteiger partial charge in [-0.3, -0.25) is 0 Å². The van der Waals surface area contributed by atoms with Crippen molar-refractivity contribution in [3.63, 3.8) is 0 Å². The minimum atomic E-state index is -4.88. The molecular weight excluding hydrogens is 391 g/mol. The Morgan fingerprint density at radius 1 is 1.18 bits per heavy atom. The second-order valence-electron chi connectivity index (χ2n) is 5.47. The maximum atomic E-state index is 13.9. The standard InChI is InChI=1S/C17H11F5N2O4/c1-2-26-16(25)12-5-9(28-24-12)7-27-13-6-14(17(20,21)22)23-15-10(13)3-8(18)4-11(15)19/h3-6H,2,7H2,1H3. The van der Waals surface area contributed by atoms with Crippen molar-refractivity contribution in [1.82, 2.24) is 10.1 Å². The predicted octanol–water partition coefficient (Wildman–Crippen LogP) is 4.28. The van der Waals surface area contributed by atoms with E-state index in [0.29, 0.717) is 12.1 Å². The van der Waals surface area contributed by atoms with E-state index >= 15 is 0 Å². The minimum absolute atomic E-state index is 0.0153. The van der Waals surface area contributed by atoms with E-state index in [0.717, 1.165) is 6.07 Å². The first-order valence-electron chi connectivity index (χ1n) is 7.81. The van der Waals surface area contributed by atoms with Gasteiger partial charge in [-0.05, 0) is 13.0 Å². The SMILES string of the molecule is CCOC(=O)c1cc(COc2cc(C(F)(F)F)nc3c(F)cc(F)cc23)on1. The maximum absolute atomic E-state index is 13.9. The zero-order chi connectivity index (χ0) is 20.5. The van der Waals surface area contributed by atoms with Crippen LogP contribution in [0.5, 0.6) is 5.75 Å². The molecule has 3 rings (SSSR count). The predicted molar refractivity (Wildman–Crippen MR) is 83.5 cm³/mol. The number of rotatable bonds is 5. The summed E-state index contributed by atoms with van der Waals surface area (Å²) in [6.07, 6.45) is -4.88. The van der Waals surface area contributed by atoms with E-state index in [2.05, 4.69) is 10.1 Å². The minimum Gasteiger partial charge on any atom is -0.485 e. The van der Waals surface area contributed by atoms with Crippen LogP contribution in [0.1, 0.15) is 28.9 Å². The van der Waals surface area contributed by atoms with Gasteiger partial charge in [-0.1, -0.05) is 5.16 Å². The first kappa shape index (κ1) is 19.5. The summed E-state index contributed by atoms with van der Waals surface area (Å²) < 4.78 is 81.4. The summed E-state index contributed by atoms with van der Waals surface area (Å²) in [4.78, 5) is 14.7. The van der Waals surface area contributed by atoms with Crippen LogP contribution in [0.3, 0.4) is 0 Å². The van der Waals surface area contributed by atoms with Gasteiger partial charge in [-0.25, -0.2) is 18.6 Å². The highest BCUT2D eigenvalue weighted by atomic mass is 19.4. The highest BCUT2D eigenvalue weighted by molar-refractivity contribution is 5.87. The fourth-order valence-electron chi connectivity index (χ4n) is 2.32. The molecule has 2 heterocycles. The number of pyridine rings is 1. The molecule has 0 fully saturated rings. The van der Waals surface area contributed by atoms with Crippen molar-refractivity contribution in [2.75, 3.05) is 6.61 Å². The molecule has 6 nitrogen and oxygen atoms in total. The molecule has 11 heteroatoms. The van der Waals surface area contributed by atoms with Crippen molar-refractivity contribution in [2.45, 2.75) is 19.7 Å². The summed E-state index contributed by atoms with van der Waals surface area (Å²) in [5.41, 5.74) is -2.27. The van der Waals surface area contributed by atoms with Crippen LogP contribution < -0.4 is 4.74 Å². The van der Waals surface area contributed by atoms with E-state index in [9.17, 15) is 26.7 Å². The van der Waals surface area contributed by atoms with Gasteiger partial charge in [0.15, 0.2) is 17.3 Å². The molecule has 0 atom stereocenters. The number of nitrogens with zero attached hydrogens (tertiary/aromatic N) is 2. The normalized spacial score (nSPS) is 11.6. The molecular formula is C17H11F5N2O4. The van der Waals surface area contributed by atoms with Crippen molar-refractivity contribution in [3.8, 4) is 5.75 Å². The number of hydrogen-bond acceptors (Lipinski definition) is 6. The van der Waals surface area contributed by atoms with Crippen molar-refractivity contribution >= 4 is 16.9 Å². The van der Waals surface area contributed by atoms with Gasteiger partial charge in [0.25, 0.3) is 0 Å². The molecule has 148 valence electrons. The van der Waals surface area contributed by atoms with Gasteiger partial charge in [0.1, 0.15) is 29.4 Å². The van der Waals surface area contributed by atoms with E-state index in [4.69, 9.17) is 14.0 Å². The fraction of sp³-hybridized carbons (Fsp3) is 0.235. The monoisotopic (exact) mass is 402 g/mol. The highest BCUT2D eigenvalue weighted by Crippen LogP contribution is 2.35. The van der Waals surface area contributed by atoms with Gasteiger partial charge in [-0.15, -0.1) is 0 Å². The third kappa shape index (κ3) is 4.02. The van der Waals surface area contributed by atoms with Crippen LogP contribution in [-0.4, -0.2) is 22.7 Å². The molecule has 0 saturated carbocycles. The van der Waals surface area contributed by atoms with Gasteiger partial charge in [-0.2, -0.15) is 13.2 Å². The molecule has 1 aromatic carbocycles. The van der Waals surface area contributed by atoms with Crippen LogP contribution in [0.25, 0.3) is 10.9 Å². The number of fused-ring (bicyclic) bond motifs is 1. The van der Waals surface area contributed by atoms with E-state index in [1.54, 1.807) is 6.92 Å². The third-order valence-electron chi connectivity index (χ3n) is 3.50. The smallest absolute Gasteiger partial charge is 0.433 e. The molecule has 2 aromatic heterocycles. The highest BCUT2D eigenvalue weighted by Gasteiger charge is 2.34. The van der Waals surface area contributed by atoms with Crippen molar-refractivity contribution in [1.29, 1.82) is 0 Å². The van der Waals surface area contributed by atoms with Crippen molar-refractivity contribution < 1.29 is 40.7 Å². The Balaban J connectivity index is 1.95. The number of halogens is 5. The molecule has 0 saturated heterocycles. The average molecular weight is 402 g/mol. The fourth-order valence-corrected chi connectivity index (χ4v) is 2.32. The Kier molecular flexibility index (Phi) is 5.16. The number of carbonyl (C=O) groups is 1. The summed E-state index contributed by atoms with van der Waals surface area (Å²) in [7, 11) is 0. The molecule has 0 bridgehead atoms. The Bertz CT molecular complexity index is 1030. The molecule has 3 aromatic rings. The quantitative estimate of drug-likeness (QED) is 0.469. The van der Waals surface area contributed by atoms with Gasteiger partial charge in [0.05, 0.1) is 6.61 Å². The number of alkyl halides is 3. The summed E-state index contributed by atoms with van der Waals surface area (Å²) in [6, 6.07) is 2.91. The lowest BCUT2D eigenvalue weighted by atomic mass is 10.1. The van der Waals surface area contributed by atoms with Crippen LogP contribution in [0.15, 0.2) is 28.8 Å². The molecule has 0 N–H and O–H groups in total. The summed E-state index contributed by atoms with van der Waals surface area (Å²) in [5, 5.41) is 3.16. The van der Waals surface area contributed by atoms with Crippen molar-refractivity contribution in [3.05, 3.63) is 53.0 Å². The number of esters is 1. The number of benzene rings is 1. The van der Waals surface area contributed by atoms with Gasteiger partial charge >= 0.3 is 12.1 Å². The van der Waals surface area contributed by atoms with E-state index in [1.807, 2.05) is 0 Å². The largest absolute Gasteiger partial charge is 0.485 e. The summed E-state index contributed by atoms with van der Waals surface area (Å²) >= 11 is 0. The molecule has 0 spiro atoms. The Hall–Kier alpha value is -3.24. The molecule has 0 radical (unpaired) electrons. The number of ether oxygens (including phenoxy) is 2. The van der Waals surface area contributed by atoms with Gasteiger partial charge in [0, 0.05) is 23.6 Å². The van der Waals surface area contributed by atoms with Crippen LogP contribution >= 0.6 is 0 Å². The lowest BCUT2D eigenvalue weighted by Gasteiger charge is -2.12. The van der Waals surface area contributed by atoms with E-state index in [-0.39, 0.29) is 23.4 Å². The zero-order valence-corrected chi connectivity index (χ0v) is 14.1. The lowest BCUT2D eigenvalue weighted by Crippen LogP contribution is -2.09. The lowest BCUT2D eigenvalue weighted by molar-refractivity contribution is -0.141. The number of hydrogen-bond donors (Lipinski definition) is 0. The van der Waals surface area contributed by atoms with Crippen LogP contribution in [0.2, 0.25) is 0 Å². The average Bonchev–Trinajstić information content (AvgIpc) is 3.08. The Morgan fingerprint density at radius 3 is 2.61 bits per heavy atom. The number of aromatic nitrogens is 2. The zero-order valence-electron chi connectivity index (χ0n) is 14.1. The topological polar surface area (TPSA) is 74.5 Å². The molecule has 0 unspecified atom stereocenters. The van der Waals surface area contributed by atoms with Crippen LogP contribution in [-0.2, 0) is 17.5 Å². The number of carbonyl (C=O) groups excluding carboxylic acids is 1.